The van der Waals surface area contributed by atoms with Gasteiger partial charge in [0.15, 0.2) is 5.79 Å². The van der Waals surface area contributed by atoms with Gasteiger partial charge in [0.2, 0.25) is 0 Å². The molecule has 2 amide bonds. The molecule has 2 heterocycles. The Kier molecular flexibility index (Phi) is 7.97. The van der Waals surface area contributed by atoms with Gasteiger partial charge in [0.25, 0.3) is 11.8 Å². The highest BCUT2D eigenvalue weighted by Gasteiger charge is 2.33. The first-order valence-electron chi connectivity index (χ1n) is 10.00. The fraction of sp³-hybridized carbons (Fsp3) is 0.409. The van der Waals surface area contributed by atoms with Gasteiger partial charge in [-0.3, -0.25) is 14.6 Å². The molecule has 1 aliphatic rings. The Bertz CT molecular complexity index is 894. The van der Waals surface area contributed by atoms with Crippen LogP contribution in [0.5, 0.6) is 0 Å². The number of carbonyl (C=O) groups excluding carboxylic acids is 2. The molecule has 9 heteroatoms. The van der Waals surface area contributed by atoms with Gasteiger partial charge >= 0.3 is 0 Å². The fourth-order valence-electron chi connectivity index (χ4n) is 3.15. The molecule has 3 rings (SSSR count). The molecule has 1 aromatic heterocycles. The third kappa shape index (κ3) is 6.73. The summed E-state index contributed by atoms with van der Waals surface area (Å²) >= 11 is 6.08. The largest absolute Gasteiger partial charge is 0.371 e. The van der Waals surface area contributed by atoms with Crippen LogP contribution in [0, 0.1) is 0 Å². The summed E-state index contributed by atoms with van der Waals surface area (Å²) in [5.41, 5.74) is 0.814. The highest BCUT2D eigenvalue weighted by molar-refractivity contribution is 6.33. The van der Waals surface area contributed by atoms with Crippen LogP contribution < -0.4 is 10.6 Å². The van der Waals surface area contributed by atoms with Crippen molar-refractivity contribution in [3.8, 4) is 0 Å². The second kappa shape index (κ2) is 10.7. The van der Waals surface area contributed by atoms with Gasteiger partial charge in [-0.2, -0.15) is 0 Å². The molecule has 1 saturated heterocycles. The number of carbonyl (C=O) groups is 2. The minimum atomic E-state index is -0.874. The third-order valence-electron chi connectivity index (χ3n) is 4.69. The Labute approximate surface area is 186 Å². The average molecular weight is 448 g/mol. The van der Waals surface area contributed by atoms with Crippen LogP contribution in [0.15, 0.2) is 48.8 Å². The van der Waals surface area contributed by atoms with Crippen molar-refractivity contribution in [2.24, 2.45) is 0 Å². The molecule has 0 unspecified atom stereocenters. The van der Waals surface area contributed by atoms with Crippen LogP contribution in [0.1, 0.15) is 34.6 Å². The van der Waals surface area contributed by atoms with Crippen LogP contribution in [0.4, 0.5) is 0 Å². The maximum Gasteiger partial charge on any atom is 0.254 e. The summed E-state index contributed by atoms with van der Waals surface area (Å²) in [7, 11) is 0. The molecule has 2 aromatic rings. The molecule has 1 aromatic carbocycles. The van der Waals surface area contributed by atoms with Crippen molar-refractivity contribution < 1.29 is 23.8 Å². The van der Waals surface area contributed by atoms with Gasteiger partial charge < -0.3 is 24.8 Å². The van der Waals surface area contributed by atoms with Crippen LogP contribution in [0.3, 0.4) is 0 Å². The predicted octanol–water partition coefficient (Wildman–Crippen LogP) is 2.43. The third-order valence-corrected chi connectivity index (χ3v) is 5.02. The molecule has 166 valence electrons. The number of hydrogen-bond acceptors (Lipinski definition) is 6. The molecule has 0 radical (unpaired) electrons. The molecule has 31 heavy (non-hydrogen) atoms. The van der Waals surface area contributed by atoms with Gasteiger partial charge in [-0.1, -0.05) is 29.8 Å². The van der Waals surface area contributed by atoms with E-state index >= 15 is 0 Å². The first-order chi connectivity index (χ1) is 14.9. The second-order valence-electron chi connectivity index (χ2n) is 7.46. The number of aromatic nitrogens is 1. The Balaban J connectivity index is 1.67. The summed E-state index contributed by atoms with van der Waals surface area (Å²) in [4.78, 5) is 28.9. The van der Waals surface area contributed by atoms with Crippen LogP contribution in [-0.4, -0.2) is 61.1 Å². The summed E-state index contributed by atoms with van der Waals surface area (Å²) in [6, 6.07) is 10.4. The van der Waals surface area contributed by atoms with Crippen molar-refractivity contribution >= 4 is 23.4 Å². The Morgan fingerprint density at radius 3 is 2.52 bits per heavy atom. The highest BCUT2D eigenvalue weighted by Crippen LogP contribution is 2.20. The number of rotatable bonds is 6. The van der Waals surface area contributed by atoms with E-state index in [0.717, 1.165) is 0 Å². The first-order valence-corrected chi connectivity index (χ1v) is 10.4. The smallest absolute Gasteiger partial charge is 0.254 e. The number of ether oxygens (including phenoxy) is 3. The molecular formula is C22H26ClN3O5. The van der Waals surface area contributed by atoms with Crippen molar-refractivity contribution in [2.75, 3.05) is 26.3 Å². The zero-order chi connectivity index (χ0) is 22.3. The molecular weight excluding hydrogens is 422 g/mol. The molecule has 1 fully saturated rings. The number of benzene rings is 1. The summed E-state index contributed by atoms with van der Waals surface area (Å²) in [5.74, 6) is -1.47. The zero-order valence-electron chi connectivity index (χ0n) is 17.5. The molecule has 8 nitrogen and oxygen atoms in total. The van der Waals surface area contributed by atoms with E-state index in [9.17, 15) is 9.59 Å². The summed E-state index contributed by atoms with van der Waals surface area (Å²) in [6.07, 6.45) is 1.84. The number of amides is 2. The van der Waals surface area contributed by atoms with Gasteiger partial charge in [-0.15, -0.1) is 0 Å². The second-order valence-corrected chi connectivity index (χ2v) is 7.86. The Morgan fingerprint density at radius 2 is 1.77 bits per heavy atom. The van der Waals surface area contributed by atoms with Gasteiger partial charge in [0, 0.05) is 31.0 Å². The fourth-order valence-corrected chi connectivity index (χ4v) is 3.34. The predicted molar refractivity (Wildman–Crippen MR) is 115 cm³/mol. The molecule has 2 N–H and O–H groups in total. The van der Waals surface area contributed by atoms with Gasteiger partial charge in [0.1, 0.15) is 12.2 Å². The lowest BCUT2D eigenvalue weighted by molar-refractivity contribution is -0.277. The van der Waals surface area contributed by atoms with Crippen LogP contribution >= 0.6 is 11.6 Å². The normalized spacial score (nSPS) is 20.9. The first kappa shape index (κ1) is 23.1. The molecule has 0 aliphatic carbocycles. The maximum atomic E-state index is 12.5. The number of pyridine rings is 1. The lowest BCUT2D eigenvalue weighted by Gasteiger charge is -2.37. The monoisotopic (exact) mass is 447 g/mol. The molecule has 0 spiro atoms. The van der Waals surface area contributed by atoms with Crippen molar-refractivity contribution in [3.63, 3.8) is 0 Å². The minimum Gasteiger partial charge on any atom is -0.371 e. The van der Waals surface area contributed by atoms with E-state index in [0.29, 0.717) is 23.8 Å². The maximum absolute atomic E-state index is 12.5. The lowest BCUT2D eigenvalue weighted by atomic mass is 10.1. The lowest BCUT2D eigenvalue weighted by Crippen LogP contribution is -2.52. The average Bonchev–Trinajstić information content (AvgIpc) is 2.75. The Morgan fingerprint density at radius 1 is 1.06 bits per heavy atom. The standard InChI is InChI=1S/C22H26ClN3O5/c1-22(2)30-11-10-29-18(13-26-21(28)16-12-24-9-8-17(16)23)19(31-22)14-25-20(27)15-6-4-3-5-7-15/h3-9,12,18-19H,10-11,13-14H2,1-2H3,(H,25,27)(H,26,28)/t18-,19+/m1/s1. The van der Waals surface area contributed by atoms with E-state index in [1.807, 2.05) is 6.07 Å². The highest BCUT2D eigenvalue weighted by atomic mass is 35.5. The quantitative estimate of drug-likeness (QED) is 0.705. The number of nitrogens with zero attached hydrogens (tertiary/aromatic N) is 1. The van der Waals surface area contributed by atoms with Crippen molar-refractivity contribution in [1.82, 2.24) is 15.6 Å². The number of halogens is 1. The van der Waals surface area contributed by atoms with Gasteiger partial charge in [0.05, 0.1) is 23.8 Å². The van der Waals surface area contributed by atoms with Crippen molar-refractivity contribution in [2.45, 2.75) is 31.8 Å². The van der Waals surface area contributed by atoms with Crippen molar-refractivity contribution in [3.05, 3.63) is 64.9 Å². The summed E-state index contributed by atoms with van der Waals surface area (Å²) in [6.45, 7) is 4.60. The van der Waals surface area contributed by atoms with E-state index in [2.05, 4.69) is 15.6 Å². The van der Waals surface area contributed by atoms with Gasteiger partial charge in [-0.05, 0) is 32.0 Å². The molecule has 2 atom stereocenters. The Hall–Kier alpha value is -2.52. The summed E-state index contributed by atoms with van der Waals surface area (Å²) in [5, 5.41) is 5.99. The van der Waals surface area contributed by atoms with Crippen molar-refractivity contribution in [1.29, 1.82) is 0 Å². The zero-order valence-corrected chi connectivity index (χ0v) is 18.2. The van der Waals surface area contributed by atoms with E-state index in [4.69, 9.17) is 25.8 Å². The van der Waals surface area contributed by atoms with Crippen LogP contribution in [-0.2, 0) is 14.2 Å². The molecule has 1 aliphatic heterocycles. The SMILES string of the molecule is CC1(C)OCCO[C@H](CNC(=O)c2cnccc2Cl)[C@H](CNC(=O)c2ccccc2)O1. The van der Waals surface area contributed by atoms with E-state index < -0.39 is 18.0 Å². The van der Waals surface area contributed by atoms with Gasteiger partial charge in [-0.25, -0.2) is 0 Å². The van der Waals surface area contributed by atoms with Crippen LogP contribution in [0.2, 0.25) is 5.02 Å². The number of hydrogen-bond donors (Lipinski definition) is 2. The van der Waals surface area contributed by atoms with E-state index in [1.165, 1.54) is 12.4 Å². The minimum absolute atomic E-state index is 0.159. The number of nitrogens with one attached hydrogen (secondary N) is 2. The van der Waals surface area contributed by atoms with E-state index in [-0.39, 0.29) is 30.5 Å². The van der Waals surface area contributed by atoms with E-state index in [1.54, 1.807) is 44.2 Å². The van der Waals surface area contributed by atoms with Crippen LogP contribution in [0.25, 0.3) is 0 Å². The molecule has 0 saturated carbocycles. The topological polar surface area (TPSA) is 98.8 Å². The summed E-state index contributed by atoms with van der Waals surface area (Å²) < 4.78 is 17.6. The molecule has 0 bridgehead atoms.